The second-order valence-electron chi connectivity index (χ2n) is 5.20. The summed E-state index contributed by atoms with van der Waals surface area (Å²) >= 11 is 0. The second kappa shape index (κ2) is 5.83. The molecule has 1 saturated carbocycles. The molecule has 2 aliphatic rings. The lowest BCUT2D eigenvalue weighted by Crippen LogP contribution is -2.52. The summed E-state index contributed by atoms with van der Waals surface area (Å²) in [5, 5.41) is 0. The van der Waals surface area contributed by atoms with Crippen LogP contribution in [0.2, 0.25) is 0 Å². The molecule has 0 radical (unpaired) electrons. The molecule has 0 amide bonds. The highest BCUT2D eigenvalue weighted by atomic mass is 32.2. The van der Waals surface area contributed by atoms with Gasteiger partial charge in [-0.1, -0.05) is 6.42 Å². The molecule has 106 valence electrons. The molecule has 1 saturated heterocycles. The molecular weight excluding hydrogens is 254 g/mol. The molecule has 3 atom stereocenters. The van der Waals surface area contributed by atoms with Gasteiger partial charge in [-0.05, 0) is 32.2 Å². The van der Waals surface area contributed by atoms with Crippen LogP contribution in [0.3, 0.4) is 0 Å². The first-order valence-electron chi connectivity index (χ1n) is 6.62. The van der Waals surface area contributed by atoms with Gasteiger partial charge in [-0.25, -0.2) is 0 Å². The van der Waals surface area contributed by atoms with Crippen LogP contribution in [0, 0.1) is 5.92 Å². The summed E-state index contributed by atoms with van der Waals surface area (Å²) in [6, 6.07) is -0.00171. The average molecular weight is 277 g/mol. The zero-order valence-corrected chi connectivity index (χ0v) is 11.7. The number of hydrogen-bond donors (Lipinski definition) is 2. The molecule has 0 aromatic carbocycles. The van der Waals surface area contributed by atoms with Crippen LogP contribution in [0.5, 0.6) is 0 Å². The molecule has 1 heterocycles. The van der Waals surface area contributed by atoms with E-state index >= 15 is 0 Å². The van der Waals surface area contributed by atoms with E-state index in [1.54, 1.807) is 0 Å². The van der Waals surface area contributed by atoms with Gasteiger partial charge in [0.2, 0.25) is 0 Å². The van der Waals surface area contributed by atoms with Crippen LogP contribution in [0.25, 0.3) is 0 Å². The molecule has 2 rings (SSSR count). The van der Waals surface area contributed by atoms with Gasteiger partial charge >= 0.3 is 0 Å². The zero-order chi connectivity index (χ0) is 13.2. The molecule has 1 aliphatic carbocycles. The number of hydrogen-bond acceptors (Lipinski definition) is 4. The Morgan fingerprint density at radius 1 is 1.44 bits per heavy atom. The van der Waals surface area contributed by atoms with Gasteiger partial charge in [0.05, 0.1) is 12.7 Å². The van der Waals surface area contributed by atoms with Crippen LogP contribution in [0.4, 0.5) is 0 Å². The molecule has 1 aliphatic heterocycles. The zero-order valence-electron chi connectivity index (χ0n) is 10.8. The second-order valence-corrected chi connectivity index (χ2v) is 6.90. The Morgan fingerprint density at radius 3 is 2.89 bits per heavy atom. The highest BCUT2D eigenvalue weighted by Crippen LogP contribution is 2.25. The molecule has 0 aromatic rings. The van der Waals surface area contributed by atoms with E-state index in [1.165, 1.54) is 4.31 Å². The summed E-state index contributed by atoms with van der Waals surface area (Å²) in [5.41, 5.74) is 5.68. The van der Waals surface area contributed by atoms with E-state index < -0.39 is 10.2 Å². The number of nitrogens with two attached hydrogens (primary N) is 1. The van der Waals surface area contributed by atoms with Crippen LogP contribution in [-0.4, -0.2) is 51.1 Å². The third-order valence-corrected chi connectivity index (χ3v) is 5.42. The van der Waals surface area contributed by atoms with Crippen molar-refractivity contribution in [2.75, 3.05) is 26.2 Å². The molecule has 0 aromatic heterocycles. The maximum Gasteiger partial charge on any atom is 0.279 e. The molecule has 0 spiro atoms. The van der Waals surface area contributed by atoms with E-state index in [0.717, 1.165) is 19.3 Å². The number of rotatable bonds is 4. The summed E-state index contributed by atoms with van der Waals surface area (Å²) in [7, 11) is -3.39. The highest BCUT2D eigenvalue weighted by Gasteiger charge is 2.34. The van der Waals surface area contributed by atoms with E-state index in [-0.39, 0.29) is 18.1 Å². The van der Waals surface area contributed by atoms with Crippen LogP contribution in [-0.2, 0) is 14.9 Å². The highest BCUT2D eigenvalue weighted by molar-refractivity contribution is 7.87. The van der Waals surface area contributed by atoms with Crippen LogP contribution >= 0.6 is 0 Å². The van der Waals surface area contributed by atoms with Crippen molar-refractivity contribution < 1.29 is 13.2 Å². The van der Waals surface area contributed by atoms with Gasteiger partial charge in [-0.3, -0.25) is 0 Å². The minimum absolute atomic E-state index is 0.00171. The quantitative estimate of drug-likeness (QED) is 0.737. The smallest absolute Gasteiger partial charge is 0.279 e. The molecule has 0 bridgehead atoms. The fourth-order valence-electron chi connectivity index (χ4n) is 2.74. The third kappa shape index (κ3) is 3.21. The van der Waals surface area contributed by atoms with Crippen molar-refractivity contribution in [2.45, 2.75) is 38.3 Å². The summed E-state index contributed by atoms with van der Waals surface area (Å²) in [6.07, 6.45) is 2.92. The standard InChI is InChI=1S/C11H23N3O3S/c1-9-8-14(5-6-17-9)18(15,16)13-11-4-2-3-10(11)7-12/h9-11,13H,2-8,12H2,1H3/t9-,10-,11-/m1/s1. The lowest BCUT2D eigenvalue weighted by molar-refractivity contribution is 0.00961. The van der Waals surface area contributed by atoms with Crippen LogP contribution in [0.15, 0.2) is 0 Å². The van der Waals surface area contributed by atoms with E-state index in [1.807, 2.05) is 6.92 Å². The van der Waals surface area contributed by atoms with Crippen molar-refractivity contribution in [3.05, 3.63) is 0 Å². The van der Waals surface area contributed by atoms with E-state index in [2.05, 4.69) is 4.72 Å². The van der Waals surface area contributed by atoms with Gasteiger partial charge in [-0.2, -0.15) is 17.4 Å². The lowest BCUT2D eigenvalue weighted by Gasteiger charge is -2.32. The van der Waals surface area contributed by atoms with Crippen LogP contribution in [0.1, 0.15) is 26.2 Å². The summed E-state index contributed by atoms with van der Waals surface area (Å²) in [4.78, 5) is 0. The van der Waals surface area contributed by atoms with Crippen molar-refractivity contribution in [3.63, 3.8) is 0 Å². The van der Waals surface area contributed by atoms with Crippen LogP contribution < -0.4 is 10.5 Å². The van der Waals surface area contributed by atoms with Crippen molar-refractivity contribution in [1.29, 1.82) is 0 Å². The molecule has 0 unspecified atom stereocenters. The lowest BCUT2D eigenvalue weighted by atomic mass is 10.1. The molecule has 18 heavy (non-hydrogen) atoms. The Balaban J connectivity index is 1.98. The number of nitrogens with zero attached hydrogens (tertiary/aromatic N) is 1. The third-order valence-electron chi connectivity index (χ3n) is 3.81. The van der Waals surface area contributed by atoms with E-state index in [4.69, 9.17) is 10.5 Å². The minimum atomic E-state index is -3.39. The predicted octanol–water partition coefficient (Wildman–Crippen LogP) is -0.331. The molecular formula is C11H23N3O3S. The summed E-state index contributed by atoms with van der Waals surface area (Å²) < 4.78 is 34.2. The van der Waals surface area contributed by atoms with E-state index in [0.29, 0.717) is 26.2 Å². The fourth-order valence-corrected chi connectivity index (χ4v) is 4.31. The number of ether oxygens (including phenoxy) is 1. The minimum Gasteiger partial charge on any atom is -0.376 e. The molecule has 3 N–H and O–H groups in total. The predicted molar refractivity (Wildman–Crippen MR) is 69.2 cm³/mol. The molecule has 7 heteroatoms. The Kier molecular flexibility index (Phi) is 4.60. The first-order chi connectivity index (χ1) is 8.53. The normalized spacial score (nSPS) is 34.9. The Bertz CT molecular complexity index is 374. The SMILES string of the molecule is C[C@@H]1CN(S(=O)(=O)N[C@@H]2CCC[C@@H]2CN)CCO1. The Morgan fingerprint density at radius 2 is 2.22 bits per heavy atom. The maximum atomic E-state index is 12.3. The van der Waals surface area contributed by atoms with Gasteiger partial charge in [0.1, 0.15) is 0 Å². The van der Waals surface area contributed by atoms with E-state index in [9.17, 15) is 8.42 Å². The van der Waals surface area contributed by atoms with Crippen molar-refractivity contribution in [3.8, 4) is 0 Å². The maximum absolute atomic E-state index is 12.3. The summed E-state index contributed by atoms with van der Waals surface area (Å²) in [6.45, 7) is 3.76. The van der Waals surface area contributed by atoms with Gasteiger partial charge in [-0.15, -0.1) is 0 Å². The molecule has 2 fully saturated rings. The fraction of sp³-hybridized carbons (Fsp3) is 1.00. The Labute approximate surface area is 109 Å². The average Bonchev–Trinajstić information content (AvgIpc) is 2.75. The van der Waals surface area contributed by atoms with Gasteiger partial charge in [0, 0.05) is 19.1 Å². The van der Waals surface area contributed by atoms with Crippen molar-refractivity contribution >= 4 is 10.2 Å². The largest absolute Gasteiger partial charge is 0.376 e. The van der Waals surface area contributed by atoms with Gasteiger partial charge in [0.15, 0.2) is 0 Å². The topological polar surface area (TPSA) is 84.7 Å². The Hall–Kier alpha value is -0.210. The van der Waals surface area contributed by atoms with Crippen molar-refractivity contribution in [1.82, 2.24) is 9.03 Å². The summed E-state index contributed by atoms with van der Waals surface area (Å²) in [5.74, 6) is 0.276. The monoisotopic (exact) mass is 277 g/mol. The van der Waals surface area contributed by atoms with Crippen molar-refractivity contribution in [2.24, 2.45) is 11.7 Å². The van der Waals surface area contributed by atoms with Gasteiger partial charge < -0.3 is 10.5 Å². The number of nitrogens with one attached hydrogen (secondary N) is 1. The molecule has 6 nitrogen and oxygen atoms in total. The first kappa shape index (κ1) is 14.2. The number of morpholine rings is 1. The van der Waals surface area contributed by atoms with Gasteiger partial charge in [0.25, 0.3) is 10.2 Å². The first-order valence-corrected chi connectivity index (χ1v) is 8.06.